The molecule has 2 rings (SSSR count). The summed E-state index contributed by atoms with van der Waals surface area (Å²) in [5.74, 6) is 0. The summed E-state index contributed by atoms with van der Waals surface area (Å²) in [7, 11) is 0. The van der Waals surface area contributed by atoms with Crippen molar-refractivity contribution in [2.75, 3.05) is 6.54 Å². The first-order valence-corrected chi connectivity index (χ1v) is 7.55. The minimum Gasteiger partial charge on any atom is -0.306 e. The number of hydrogen-bond donors (Lipinski definition) is 1. The van der Waals surface area contributed by atoms with Crippen molar-refractivity contribution < 1.29 is 0 Å². The zero-order valence-corrected chi connectivity index (χ0v) is 12.8. The average molecular weight is 289 g/mol. The maximum absolute atomic E-state index is 6.30. The van der Waals surface area contributed by atoms with Gasteiger partial charge < -0.3 is 5.32 Å². The number of benzene rings is 1. The summed E-state index contributed by atoms with van der Waals surface area (Å²) in [5.41, 5.74) is 3.67. The Morgan fingerprint density at radius 2 is 1.90 bits per heavy atom. The summed E-state index contributed by atoms with van der Waals surface area (Å²) in [6.45, 7) is 5.29. The molecule has 0 amide bonds. The fourth-order valence-corrected chi connectivity index (χ4v) is 2.49. The van der Waals surface area contributed by atoms with Crippen molar-refractivity contribution in [3.05, 3.63) is 64.4 Å². The van der Waals surface area contributed by atoms with Crippen LogP contribution in [-0.2, 0) is 6.42 Å². The highest BCUT2D eigenvalue weighted by molar-refractivity contribution is 6.31. The normalized spacial score (nSPS) is 12.3. The van der Waals surface area contributed by atoms with Crippen molar-refractivity contribution in [3.63, 3.8) is 0 Å². The van der Waals surface area contributed by atoms with Crippen molar-refractivity contribution in [2.24, 2.45) is 0 Å². The Labute approximate surface area is 126 Å². The zero-order chi connectivity index (χ0) is 14.4. The van der Waals surface area contributed by atoms with Gasteiger partial charge in [0.25, 0.3) is 0 Å². The monoisotopic (exact) mass is 288 g/mol. The van der Waals surface area contributed by atoms with Crippen LogP contribution in [0.2, 0.25) is 5.02 Å². The summed E-state index contributed by atoms with van der Waals surface area (Å²) in [5, 5.41) is 4.28. The van der Waals surface area contributed by atoms with Gasteiger partial charge in [-0.15, -0.1) is 0 Å². The minimum atomic E-state index is 0.122. The number of aryl methyl sites for hydroxylation is 1. The third kappa shape index (κ3) is 3.59. The van der Waals surface area contributed by atoms with Gasteiger partial charge >= 0.3 is 0 Å². The van der Waals surface area contributed by atoms with E-state index in [0.717, 1.165) is 24.9 Å². The Balaban J connectivity index is 2.33. The fourth-order valence-electron chi connectivity index (χ4n) is 2.26. The number of halogens is 1. The largest absolute Gasteiger partial charge is 0.306 e. The van der Waals surface area contributed by atoms with Gasteiger partial charge in [-0.2, -0.15) is 0 Å². The quantitative estimate of drug-likeness (QED) is 0.853. The second kappa shape index (κ2) is 7.41. The van der Waals surface area contributed by atoms with E-state index < -0.39 is 0 Å². The smallest absolute Gasteiger partial charge is 0.0640 e. The van der Waals surface area contributed by atoms with Gasteiger partial charge in [0.05, 0.1) is 11.1 Å². The van der Waals surface area contributed by atoms with Crippen LogP contribution in [-0.4, -0.2) is 11.5 Å². The first-order valence-electron chi connectivity index (χ1n) is 7.17. The highest BCUT2D eigenvalue weighted by atomic mass is 35.5. The number of rotatable bonds is 6. The SMILES string of the molecule is CCCNC(c1ccc(CC)cc1)c1ccncc1Cl. The van der Waals surface area contributed by atoms with Gasteiger partial charge in [-0.05, 0) is 42.1 Å². The number of pyridine rings is 1. The van der Waals surface area contributed by atoms with Crippen molar-refractivity contribution >= 4 is 11.6 Å². The van der Waals surface area contributed by atoms with Gasteiger partial charge in [0.15, 0.2) is 0 Å². The summed E-state index contributed by atoms with van der Waals surface area (Å²) in [4.78, 5) is 4.07. The molecule has 20 heavy (non-hydrogen) atoms. The van der Waals surface area contributed by atoms with Crippen LogP contribution in [0, 0.1) is 0 Å². The molecule has 1 aromatic heterocycles. The Hall–Kier alpha value is -1.38. The van der Waals surface area contributed by atoms with Crippen molar-refractivity contribution in [1.82, 2.24) is 10.3 Å². The molecule has 1 aromatic carbocycles. The van der Waals surface area contributed by atoms with Crippen LogP contribution < -0.4 is 5.32 Å². The first kappa shape index (κ1) is 15.0. The molecule has 0 aliphatic heterocycles. The molecule has 106 valence electrons. The van der Waals surface area contributed by atoms with Crippen LogP contribution in [0.5, 0.6) is 0 Å². The van der Waals surface area contributed by atoms with E-state index in [0.29, 0.717) is 5.02 Å². The second-order valence-corrected chi connectivity index (χ2v) is 5.29. The maximum Gasteiger partial charge on any atom is 0.0640 e. The summed E-state index contributed by atoms with van der Waals surface area (Å²) in [6, 6.07) is 10.8. The standard InChI is InChI=1S/C17H21ClN2/c1-3-10-20-17(15-9-11-19-12-16(15)18)14-7-5-13(4-2)6-8-14/h5-9,11-12,17,20H,3-4,10H2,1-2H3. The van der Waals surface area contributed by atoms with E-state index in [4.69, 9.17) is 11.6 Å². The van der Waals surface area contributed by atoms with Crippen LogP contribution in [0.25, 0.3) is 0 Å². The van der Waals surface area contributed by atoms with Crippen LogP contribution in [0.1, 0.15) is 43.0 Å². The van der Waals surface area contributed by atoms with E-state index >= 15 is 0 Å². The lowest BCUT2D eigenvalue weighted by molar-refractivity contribution is 0.598. The lowest BCUT2D eigenvalue weighted by Crippen LogP contribution is -2.23. The summed E-state index contributed by atoms with van der Waals surface area (Å²) in [6.07, 6.45) is 5.65. The van der Waals surface area contributed by atoms with Crippen LogP contribution in [0.4, 0.5) is 0 Å². The number of nitrogens with zero attached hydrogens (tertiary/aromatic N) is 1. The van der Waals surface area contributed by atoms with Crippen LogP contribution in [0.3, 0.4) is 0 Å². The van der Waals surface area contributed by atoms with E-state index in [1.165, 1.54) is 11.1 Å². The molecule has 1 heterocycles. The fraction of sp³-hybridized carbons (Fsp3) is 0.353. The molecule has 0 radical (unpaired) electrons. The van der Waals surface area contributed by atoms with Crippen LogP contribution in [0.15, 0.2) is 42.7 Å². The second-order valence-electron chi connectivity index (χ2n) is 4.88. The Kier molecular flexibility index (Phi) is 5.57. The van der Waals surface area contributed by atoms with Gasteiger partial charge in [-0.1, -0.05) is 49.7 Å². The van der Waals surface area contributed by atoms with Gasteiger partial charge in [0, 0.05) is 12.4 Å². The maximum atomic E-state index is 6.30. The summed E-state index contributed by atoms with van der Waals surface area (Å²) >= 11 is 6.30. The van der Waals surface area contributed by atoms with E-state index in [9.17, 15) is 0 Å². The Morgan fingerprint density at radius 1 is 1.15 bits per heavy atom. The molecule has 0 fully saturated rings. The molecule has 3 heteroatoms. The topological polar surface area (TPSA) is 24.9 Å². The molecule has 1 atom stereocenters. The Bertz CT molecular complexity index is 537. The van der Waals surface area contributed by atoms with Gasteiger partial charge in [0.1, 0.15) is 0 Å². The van der Waals surface area contributed by atoms with Gasteiger partial charge in [0.2, 0.25) is 0 Å². The molecule has 1 unspecified atom stereocenters. The third-order valence-electron chi connectivity index (χ3n) is 3.43. The average Bonchev–Trinajstić information content (AvgIpc) is 2.50. The molecule has 2 nitrogen and oxygen atoms in total. The predicted octanol–water partition coefficient (Wildman–Crippen LogP) is 4.39. The van der Waals surface area contributed by atoms with E-state index in [2.05, 4.69) is 48.4 Å². The lowest BCUT2D eigenvalue weighted by atomic mass is 9.98. The highest BCUT2D eigenvalue weighted by Gasteiger charge is 2.16. The van der Waals surface area contributed by atoms with Crippen molar-refractivity contribution in [2.45, 2.75) is 32.7 Å². The predicted molar refractivity (Wildman–Crippen MR) is 85.2 cm³/mol. The summed E-state index contributed by atoms with van der Waals surface area (Å²) < 4.78 is 0. The van der Waals surface area contributed by atoms with Crippen LogP contribution >= 0.6 is 11.6 Å². The minimum absolute atomic E-state index is 0.122. The van der Waals surface area contributed by atoms with E-state index in [1.807, 2.05) is 6.07 Å². The molecule has 1 N–H and O–H groups in total. The van der Waals surface area contributed by atoms with E-state index in [-0.39, 0.29) is 6.04 Å². The zero-order valence-electron chi connectivity index (χ0n) is 12.1. The van der Waals surface area contributed by atoms with Gasteiger partial charge in [-0.25, -0.2) is 0 Å². The lowest BCUT2D eigenvalue weighted by Gasteiger charge is -2.20. The highest BCUT2D eigenvalue weighted by Crippen LogP contribution is 2.27. The molecule has 0 bridgehead atoms. The van der Waals surface area contributed by atoms with Crippen molar-refractivity contribution in [1.29, 1.82) is 0 Å². The Morgan fingerprint density at radius 3 is 2.50 bits per heavy atom. The van der Waals surface area contributed by atoms with Crippen molar-refractivity contribution in [3.8, 4) is 0 Å². The number of nitrogens with one attached hydrogen (secondary N) is 1. The third-order valence-corrected chi connectivity index (χ3v) is 3.75. The molecule has 0 spiro atoms. The molecule has 0 aliphatic rings. The number of hydrogen-bond acceptors (Lipinski definition) is 2. The molecule has 0 saturated carbocycles. The van der Waals surface area contributed by atoms with Gasteiger partial charge in [-0.3, -0.25) is 4.98 Å². The van der Waals surface area contributed by atoms with E-state index in [1.54, 1.807) is 12.4 Å². The molecule has 0 aliphatic carbocycles. The first-order chi connectivity index (χ1) is 9.76. The molecule has 0 saturated heterocycles. The number of aromatic nitrogens is 1. The molecular weight excluding hydrogens is 268 g/mol. The molecule has 2 aromatic rings. The molecular formula is C17H21ClN2.